The molecule has 3 nitrogen and oxygen atoms in total. The van der Waals surface area contributed by atoms with Gasteiger partial charge in [0.15, 0.2) is 5.58 Å². The maximum atomic E-state index is 5.95. The van der Waals surface area contributed by atoms with Gasteiger partial charge in [0.2, 0.25) is 0 Å². The first-order chi connectivity index (χ1) is 7.86. The Kier molecular flexibility index (Phi) is 1.56. The summed E-state index contributed by atoms with van der Waals surface area (Å²) in [4.78, 5) is 4.33. The highest BCUT2D eigenvalue weighted by Crippen LogP contribution is 2.45. The number of furan rings is 1. The fraction of sp³-hybridized carbons (Fsp3) is 0.462. The maximum absolute atomic E-state index is 5.95. The van der Waals surface area contributed by atoms with Gasteiger partial charge in [0.1, 0.15) is 11.3 Å². The second-order valence-corrected chi connectivity index (χ2v) is 5.00. The van der Waals surface area contributed by atoms with Crippen LogP contribution in [0.3, 0.4) is 0 Å². The van der Waals surface area contributed by atoms with Crippen molar-refractivity contribution >= 4 is 11.1 Å². The predicted octanol–water partition coefficient (Wildman–Crippen LogP) is 2.57. The second-order valence-electron chi connectivity index (χ2n) is 5.00. The van der Waals surface area contributed by atoms with E-state index in [1.165, 1.54) is 25.7 Å². The molecule has 2 aromatic rings. The number of nitrogens with zero attached hydrogens (tertiary/aromatic N) is 1. The third kappa shape index (κ3) is 1.04. The van der Waals surface area contributed by atoms with Gasteiger partial charge in [0.05, 0.1) is 5.54 Å². The van der Waals surface area contributed by atoms with E-state index in [1.807, 2.05) is 18.3 Å². The Morgan fingerprint density at radius 2 is 2.25 bits per heavy atom. The zero-order valence-corrected chi connectivity index (χ0v) is 9.07. The smallest absolute Gasteiger partial charge is 0.152 e. The molecular formula is C13H14N2O. The number of fused-ring (bicyclic) bond motifs is 3. The zero-order valence-electron chi connectivity index (χ0n) is 9.07. The molecule has 2 fully saturated rings. The molecule has 0 aliphatic carbocycles. The molecule has 2 aromatic heterocycles. The van der Waals surface area contributed by atoms with E-state index in [-0.39, 0.29) is 5.54 Å². The van der Waals surface area contributed by atoms with Crippen LogP contribution in [0.2, 0.25) is 0 Å². The summed E-state index contributed by atoms with van der Waals surface area (Å²) >= 11 is 0. The summed E-state index contributed by atoms with van der Waals surface area (Å²) in [6.07, 6.45) is 6.79. The molecule has 1 N–H and O–H groups in total. The Balaban J connectivity index is 1.87. The van der Waals surface area contributed by atoms with Crippen LogP contribution in [-0.4, -0.2) is 11.0 Å². The van der Waals surface area contributed by atoms with E-state index in [2.05, 4.69) is 16.4 Å². The Morgan fingerprint density at radius 1 is 1.38 bits per heavy atom. The molecule has 0 spiro atoms. The summed E-state index contributed by atoms with van der Waals surface area (Å²) < 4.78 is 5.95. The fourth-order valence-corrected chi connectivity index (χ4v) is 3.21. The second kappa shape index (κ2) is 2.86. The van der Waals surface area contributed by atoms with Crippen LogP contribution in [0.4, 0.5) is 0 Å². The van der Waals surface area contributed by atoms with Gasteiger partial charge in [-0.3, -0.25) is 4.98 Å². The van der Waals surface area contributed by atoms with Crippen molar-refractivity contribution in [3.05, 3.63) is 30.2 Å². The number of aromatic nitrogens is 1. The van der Waals surface area contributed by atoms with Gasteiger partial charge in [0, 0.05) is 18.3 Å². The third-order valence-electron chi connectivity index (χ3n) is 4.08. The van der Waals surface area contributed by atoms with Crippen molar-refractivity contribution in [3.8, 4) is 0 Å². The van der Waals surface area contributed by atoms with Crippen molar-refractivity contribution in [2.75, 3.05) is 0 Å². The molecule has 0 radical (unpaired) electrons. The quantitative estimate of drug-likeness (QED) is 0.792. The SMILES string of the molecule is c1cnc2cc(C34CCC(CC3)N4)oc2c1. The molecule has 0 unspecified atom stereocenters. The van der Waals surface area contributed by atoms with Crippen LogP contribution in [0.25, 0.3) is 11.1 Å². The van der Waals surface area contributed by atoms with Gasteiger partial charge in [-0.25, -0.2) is 0 Å². The lowest BCUT2D eigenvalue weighted by Gasteiger charge is -2.22. The van der Waals surface area contributed by atoms with Crippen molar-refractivity contribution in [2.24, 2.45) is 0 Å². The number of nitrogens with one attached hydrogen (secondary N) is 1. The fourth-order valence-electron chi connectivity index (χ4n) is 3.21. The summed E-state index contributed by atoms with van der Waals surface area (Å²) in [5, 5.41) is 3.70. The first kappa shape index (κ1) is 8.76. The molecule has 0 aromatic carbocycles. The van der Waals surface area contributed by atoms with Gasteiger partial charge in [-0.2, -0.15) is 0 Å². The Hall–Kier alpha value is -1.35. The Morgan fingerprint density at radius 3 is 2.94 bits per heavy atom. The van der Waals surface area contributed by atoms with E-state index in [0.29, 0.717) is 6.04 Å². The molecule has 2 aliphatic heterocycles. The lowest BCUT2D eigenvalue weighted by atomic mass is 9.86. The van der Waals surface area contributed by atoms with Crippen LogP contribution in [0.5, 0.6) is 0 Å². The first-order valence-electron chi connectivity index (χ1n) is 5.99. The molecule has 2 aliphatic rings. The van der Waals surface area contributed by atoms with E-state index < -0.39 is 0 Å². The zero-order chi connectivity index (χ0) is 10.6. The Bertz CT molecular complexity index is 505. The van der Waals surface area contributed by atoms with E-state index in [0.717, 1.165) is 16.9 Å². The van der Waals surface area contributed by atoms with Gasteiger partial charge in [0.25, 0.3) is 0 Å². The first-order valence-corrected chi connectivity index (χ1v) is 5.99. The summed E-state index contributed by atoms with van der Waals surface area (Å²) in [6.45, 7) is 0. The van der Waals surface area contributed by atoms with Crippen molar-refractivity contribution in [1.82, 2.24) is 10.3 Å². The van der Waals surface area contributed by atoms with E-state index in [4.69, 9.17) is 4.42 Å². The lowest BCUT2D eigenvalue weighted by molar-refractivity contribution is 0.324. The van der Waals surface area contributed by atoms with Gasteiger partial charge in [-0.05, 0) is 37.8 Å². The third-order valence-corrected chi connectivity index (χ3v) is 4.08. The van der Waals surface area contributed by atoms with Crippen LogP contribution in [0, 0.1) is 0 Å². The van der Waals surface area contributed by atoms with E-state index >= 15 is 0 Å². The molecule has 82 valence electrons. The van der Waals surface area contributed by atoms with Gasteiger partial charge in [-0.15, -0.1) is 0 Å². The van der Waals surface area contributed by atoms with Gasteiger partial charge >= 0.3 is 0 Å². The summed E-state index contributed by atoms with van der Waals surface area (Å²) in [6, 6.07) is 6.73. The normalized spacial score (nSPS) is 32.6. The Labute approximate surface area is 93.9 Å². The molecule has 3 heteroatoms. The average molecular weight is 214 g/mol. The molecule has 0 saturated carbocycles. The highest BCUT2D eigenvalue weighted by molar-refractivity contribution is 5.73. The standard InChI is InChI=1S/C13H14N2O/c1-2-11-10(14-7-1)8-12(16-11)13-5-3-9(15-13)4-6-13/h1-2,7-9,15H,3-6H2. The van der Waals surface area contributed by atoms with Gasteiger partial charge < -0.3 is 9.73 Å². The number of pyridine rings is 1. The number of hydrogen-bond donors (Lipinski definition) is 1. The number of rotatable bonds is 1. The van der Waals surface area contributed by atoms with Crippen LogP contribution in [0.1, 0.15) is 31.4 Å². The molecular weight excluding hydrogens is 200 g/mol. The molecule has 2 saturated heterocycles. The van der Waals surface area contributed by atoms with Crippen molar-refractivity contribution in [1.29, 1.82) is 0 Å². The predicted molar refractivity (Wildman–Crippen MR) is 61.1 cm³/mol. The minimum Gasteiger partial charge on any atom is -0.457 e. The van der Waals surface area contributed by atoms with Crippen LogP contribution < -0.4 is 5.32 Å². The average Bonchev–Trinajstić information content (AvgIpc) is 3.03. The molecule has 0 atom stereocenters. The largest absolute Gasteiger partial charge is 0.457 e. The molecule has 16 heavy (non-hydrogen) atoms. The maximum Gasteiger partial charge on any atom is 0.152 e. The van der Waals surface area contributed by atoms with E-state index in [9.17, 15) is 0 Å². The molecule has 4 rings (SSSR count). The highest BCUT2D eigenvalue weighted by Gasteiger charge is 2.47. The minimum absolute atomic E-state index is 0.116. The van der Waals surface area contributed by atoms with Crippen molar-refractivity contribution in [2.45, 2.75) is 37.3 Å². The summed E-state index contributed by atoms with van der Waals surface area (Å²) in [7, 11) is 0. The lowest BCUT2D eigenvalue weighted by Crippen LogP contribution is -2.32. The highest BCUT2D eigenvalue weighted by atomic mass is 16.3. The summed E-state index contributed by atoms with van der Waals surface area (Å²) in [5.41, 5.74) is 2.00. The van der Waals surface area contributed by atoms with Gasteiger partial charge in [-0.1, -0.05) is 0 Å². The van der Waals surface area contributed by atoms with E-state index in [1.54, 1.807) is 0 Å². The van der Waals surface area contributed by atoms with Crippen molar-refractivity contribution < 1.29 is 4.42 Å². The van der Waals surface area contributed by atoms with Crippen molar-refractivity contribution in [3.63, 3.8) is 0 Å². The van der Waals surface area contributed by atoms with Crippen LogP contribution in [-0.2, 0) is 5.54 Å². The van der Waals surface area contributed by atoms with Crippen LogP contribution in [0.15, 0.2) is 28.8 Å². The topological polar surface area (TPSA) is 38.1 Å². The molecule has 0 amide bonds. The minimum atomic E-state index is 0.116. The number of hydrogen-bond acceptors (Lipinski definition) is 3. The summed E-state index contributed by atoms with van der Waals surface area (Å²) in [5.74, 6) is 1.08. The van der Waals surface area contributed by atoms with Crippen LogP contribution >= 0.6 is 0 Å². The monoisotopic (exact) mass is 214 g/mol. The molecule has 2 bridgehead atoms. The molecule has 4 heterocycles.